The number of fused-ring (bicyclic) bond motifs is 1. The molecular formula is C23H22N4O4S. The van der Waals surface area contributed by atoms with Gasteiger partial charge >= 0.3 is 0 Å². The summed E-state index contributed by atoms with van der Waals surface area (Å²) in [6.45, 7) is 1.88. The standard InChI is InChI=1S/C23H22N4O4S/c1-15-7-11-20(24-14-15)26-23(29)22(16-5-3-2-4-6-16)27-32(30,31)18-9-10-19-17(13-18)8-12-21(28)25-19/h2-7,9-11,13-14,22,27H,8,12H2,1H3,(H,25,28)(H,24,26,29). The lowest BCUT2D eigenvalue weighted by Crippen LogP contribution is -2.37. The number of carbonyl (C=O) groups is 2. The fraction of sp³-hybridized carbons (Fsp3) is 0.174. The van der Waals surface area contributed by atoms with E-state index in [1.54, 1.807) is 54.7 Å². The summed E-state index contributed by atoms with van der Waals surface area (Å²) in [5, 5.41) is 5.40. The number of aromatic nitrogens is 1. The molecule has 1 atom stereocenters. The first-order valence-corrected chi connectivity index (χ1v) is 11.5. The Morgan fingerprint density at radius 2 is 1.84 bits per heavy atom. The third kappa shape index (κ3) is 4.84. The van der Waals surface area contributed by atoms with E-state index in [-0.39, 0.29) is 10.8 Å². The van der Waals surface area contributed by atoms with Crippen LogP contribution in [0, 0.1) is 6.92 Å². The molecular weight excluding hydrogens is 428 g/mol. The molecule has 0 spiro atoms. The normalized spacial score (nSPS) is 14.2. The van der Waals surface area contributed by atoms with E-state index >= 15 is 0 Å². The van der Waals surface area contributed by atoms with Crippen molar-refractivity contribution in [2.45, 2.75) is 30.7 Å². The number of amides is 2. The van der Waals surface area contributed by atoms with Crippen LogP contribution in [0.1, 0.15) is 29.2 Å². The van der Waals surface area contributed by atoms with E-state index in [1.165, 1.54) is 12.1 Å². The average molecular weight is 451 g/mol. The molecule has 0 radical (unpaired) electrons. The summed E-state index contributed by atoms with van der Waals surface area (Å²) in [5.74, 6) is -0.330. The van der Waals surface area contributed by atoms with Crippen LogP contribution < -0.4 is 15.4 Å². The van der Waals surface area contributed by atoms with Gasteiger partial charge in [-0.25, -0.2) is 13.4 Å². The van der Waals surface area contributed by atoms with Crippen molar-refractivity contribution in [1.29, 1.82) is 0 Å². The van der Waals surface area contributed by atoms with Crippen molar-refractivity contribution in [2.75, 3.05) is 10.6 Å². The number of hydrogen-bond acceptors (Lipinski definition) is 5. The molecule has 2 aromatic carbocycles. The predicted molar refractivity (Wildman–Crippen MR) is 121 cm³/mol. The Hall–Kier alpha value is -3.56. The summed E-state index contributed by atoms with van der Waals surface area (Å²) in [5.41, 5.74) is 2.76. The minimum atomic E-state index is -4.04. The minimum Gasteiger partial charge on any atom is -0.326 e. The Balaban J connectivity index is 1.62. The van der Waals surface area contributed by atoms with Crippen LogP contribution in [0.3, 0.4) is 0 Å². The molecule has 0 fully saturated rings. The molecule has 32 heavy (non-hydrogen) atoms. The molecule has 1 aliphatic heterocycles. The molecule has 0 saturated heterocycles. The quantitative estimate of drug-likeness (QED) is 0.534. The highest BCUT2D eigenvalue weighted by molar-refractivity contribution is 7.89. The van der Waals surface area contributed by atoms with Crippen molar-refractivity contribution in [1.82, 2.24) is 9.71 Å². The maximum absolute atomic E-state index is 13.2. The molecule has 0 bridgehead atoms. The molecule has 0 aliphatic carbocycles. The first kappa shape index (κ1) is 21.7. The van der Waals surface area contributed by atoms with Gasteiger partial charge in [-0.3, -0.25) is 9.59 Å². The molecule has 164 valence electrons. The maximum atomic E-state index is 13.2. The molecule has 1 aromatic heterocycles. The average Bonchev–Trinajstić information content (AvgIpc) is 2.79. The molecule has 8 nitrogen and oxygen atoms in total. The van der Waals surface area contributed by atoms with Crippen LogP contribution in [0.25, 0.3) is 0 Å². The number of rotatable bonds is 6. The van der Waals surface area contributed by atoms with Gasteiger partial charge in [0.1, 0.15) is 11.9 Å². The number of hydrogen-bond donors (Lipinski definition) is 3. The van der Waals surface area contributed by atoms with E-state index < -0.39 is 22.0 Å². The zero-order valence-corrected chi connectivity index (χ0v) is 18.1. The highest BCUT2D eigenvalue weighted by Gasteiger charge is 2.28. The van der Waals surface area contributed by atoms with Gasteiger partial charge in [0.15, 0.2) is 0 Å². The Morgan fingerprint density at radius 3 is 2.56 bits per heavy atom. The van der Waals surface area contributed by atoms with Crippen molar-refractivity contribution >= 4 is 33.3 Å². The molecule has 3 aromatic rings. The van der Waals surface area contributed by atoms with Gasteiger partial charge in [-0.2, -0.15) is 4.72 Å². The van der Waals surface area contributed by atoms with E-state index in [2.05, 4.69) is 20.3 Å². The lowest BCUT2D eigenvalue weighted by molar-refractivity contribution is -0.118. The van der Waals surface area contributed by atoms with Gasteiger partial charge in [0.05, 0.1) is 4.90 Å². The van der Waals surface area contributed by atoms with Crippen LogP contribution in [-0.4, -0.2) is 25.2 Å². The summed E-state index contributed by atoms with van der Waals surface area (Å²) < 4.78 is 28.9. The first-order chi connectivity index (χ1) is 15.3. The molecule has 2 amide bonds. The van der Waals surface area contributed by atoms with Crippen LogP contribution in [0.15, 0.2) is 71.8 Å². The largest absolute Gasteiger partial charge is 0.326 e. The fourth-order valence-corrected chi connectivity index (χ4v) is 4.64. The van der Waals surface area contributed by atoms with Gasteiger partial charge in [0.2, 0.25) is 21.8 Å². The van der Waals surface area contributed by atoms with E-state index in [0.717, 1.165) is 11.1 Å². The van der Waals surface area contributed by atoms with Crippen LogP contribution in [0.5, 0.6) is 0 Å². The molecule has 1 unspecified atom stereocenters. The Labute approximate surface area is 186 Å². The maximum Gasteiger partial charge on any atom is 0.248 e. The van der Waals surface area contributed by atoms with Crippen molar-refractivity contribution in [3.05, 3.63) is 83.6 Å². The second-order valence-corrected chi connectivity index (χ2v) is 9.26. The first-order valence-electron chi connectivity index (χ1n) is 10.1. The summed E-state index contributed by atoms with van der Waals surface area (Å²) >= 11 is 0. The van der Waals surface area contributed by atoms with Crippen LogP contribution in [0.2, 0.25) is 0 Å². The third-order valence-corrected chi connectivity index (χ3v) is 6.53. The number of sulfonamides is 1. The zero-order valence-electron chi connectivity index (χ0n) is 17.3. The second kappa shape index (κ2) is 8.89. The Morgan fingerprint density at radius 1 is 1.06 bits per heavy atom. The van der Waals surface area contributed by atoms with Crippen LogP contribution >= 0.6 is 0 Å². The van der Waals surface area contributed by atoms with Crippen LogP contribution in [0.4, 0.5) is 11.5 Å². The predicted octanol–water partition coefficient (Wildman–Crippen LogP) is 2.93. The highest BCUT2D eigenvalue weighted by atomic mass is 32.2. The van der Waals surface area contributed by atoms with Gasteiger partial charge in [0, 0.05) is 18.3 Å². The van der Waals surface area contributed by atoms with E-state index in [9.17, 15) is 18.0 Å². The molecule has 4 rings (SSSR count). The van der Waals surface area contributed by atoms with Crippen LogP contribution in [-0.2, 0) is 26.0 Å². The second-order valence-electron chi connectivity index (χ2n) is 7.54. The lowest BCUT2D eigenvalue weighted by atomic mass is 10.0. The van der Waals surface area contributed by atoms with E-state index in [0.29, 0.717) is 29.9 Å². The number of carbonyl (C=O) groups excluding carboxylic acids is 2. The van der Waals surface area contributed by atoms with E-state index in [1.807, 2.05) is 6.92 Å². The zero-order chi connectivity index (χ0) is 22.7. The van der Waals surface area contributed by atoms with Crippen molar-refractivity contribution < 1.29 is 18.0 Å². The summed E-state index contributed by atoms with van der Waals surface area (Å²) in [6.07, 6.45) is 2.36. The van der Waals surface area contributed by atoms with Gasteiger partial charge < -0.3 is 10.6 Å². The minimum absolute atomic E-state index is 0.0228. The number of nitrogens with zero attached hydrogens (tertiary/aromatic N) is 1. The summed E-state index contributed by atoms with van der Waals surface area (Å²) in [6, 6.07) is 15.4. The Bertz CT molecular complexity index is 1260. The number of benzene rings is 2. The third-order valence-electron chi connectivity index (χ3n) is 5.11. The number of pyridine rings is 1. The smallest absolute Gasteiger partial charge is 0.248 e. The Kier molecular flexibility index (Phi) is 6.02. The number of nitrogens with one attached hydrogen (secondary N) is 3. The molecule has 0 saturated carbocycles. The monoisotopic (exact) mass is 450 g/mol. The van der Waals surface area contributed by atoms with Crippen molar-refractivity contribution in [3.8, 4) is 0 Å². The SMILES string of the molecule is Cc1ccc(NC(=O)C(NS(=O)(=O)c2ccc3c(c2)CCC(=O)N3)c2ccccc2)nc1. The molecule has 2 heterocycles. The van der Waals surface area contributed by atoms with Crippen molar-refractivity contribution in [2.24, 2.45) is 0 Å². The highest BCUT2D eigenvalue weighted by Crippen LogP contribution is 2.26. The molecule has 9 heteroatoms. The van der Waals surface area contributed by atoms with E-state index in [4.69, 9.17) is 0 Å². The fourth-order valence-electron chi connectivity index (χ4n) is 3.41. The topological polar surface area (TPSA) is 117 Å². The van der Waals surface area contributed by atoms with Gasteiger partial charge in [-0.1, -0.05) is 36.4 Å². The van der Waals surface area contributed by atoms with Gasteiger partial charge in [-0.15, -0.1) is 0 Å². The van der Waals surface area contributed by atoms with Gasteiger partial charge in [-0.05, 0) is 54.3 Å². The number of aryl methyl sites for hydroxylation is 2. The van der Waals surface area contributed by atoms with Crippen molar-refractivity contribution in [3.63, 3.8) is 0 Å². The molecule has 1 aliphatic rings. The molecule has 3 N–H and O–H groups in total. The van der Waals surface area contributed by atoms with Gasteiger partial charge in [0.25, 0.3) is 0 Å². The number of anilines is 2. The summed E-state index contributed by atoms with van der Waals surface area (Å²) in [7, 11) is -4.04. The summed E-state index contributed by atoms with van der Waals surface area (Å²) in [4.78, 5) is 28.8. The lowest BCUT2D eigenvalue weighted by Gasteiger charge is -2.21.